The van der Waals surface area contributed by atoms with E-state index in [9.17, 15) is 21.6 Å². The average molecular weight is 614 g/mol. The van der Waals surface area contributed by atoms with Gasteiger partial charge in [0.15, 0.2) is 0 Å². The van der Waals surface area contributed by atoms with Crippen molar-refractivity contribution < 1.29 is 26.4 Å². The van der Waals surface area contributed by atoms with Crippen LogP contribution in [0.2, 0.25) is 5.02 Å². The number of ether oxygens (including phenoxy) is 1. The van der Waals surface area contributed by atoms with Crippen molar-refractivity contribution in [3.05, 3.63) is 107 Å². The number of methoxy groups -OCH3 is 1. The maximum absolute atomic E-state index is 13.5. The second-order valence-corrected chi connectivity index (χ2v) is 13.1. The number of anilines is 3. The monoisotopic (exact) mass is 613 g/mol. The first-order chi connectivity index (χ1) is 19.4. The topological polar surface area (TPSA) is 122 Å². The fraction of sp³-hybridized carbons (Fsp3) is 0.138. The highest BCUT2D eigenvalue weighted by Crippen LogP contribution is 2.32. The first kappa shape index (κ1) is 29.9. The van der Waals surface area contributed by atoms with Gasteiger partial charge in [0, 0.05) is 5.69 Å². The highest BCUT2D eigenvalue weighted by molar-refractivity contribution is 7.93. The molecule has 2 N–H and O–H groups in total. The quantitative estimate of drug-likeness (QED) is 0.240. The number of benzene rings is 4. The summed E-state index contributed by atoms with van der Waals surface area (Å²) in [6.45, 7) is 3.15. The second-order valence-electron chi connectivity index (χ2n) is 9.14. The molecule has 0 saturated carbocycles. The lowest BCUT2D eigenvalue weighted by molar-refractivity contribution is -0.114. The van der Waals surface area contributed by atoms with Crippen LogP contribution in [0.1, 0.15) is 11.1 Å². The van der Waals surface area contributed by atoms with Crippen LogP contribution in [0.5, 0.6) is 5.75 Å². The first-order valence-corrected chi connectivity index (χ1v) is 15.6. The molecule has 4 aromatic carbocycles. The molecule has 214 valence electrons. The normalized spacial score (nSPS) is 11.5. The van der Waals surface area contributed by atoms with Gasteiger partial charge in [0.1, 0.15) is 12.3 Å². The summed E-state index contributed by atoms with van der Waals surface area (Å²) in [5, 5.41) is 2.80. The third-order valence-electron chi connectivity index (χ3n) is 6.12. The Kier molecular flexibility index (Phi) is 8.91. The zero-order valence-electron chi connectivity index (χ0n) is 22.5. The number of amides is 1. The lowest BCUT2D eigenvalue weighted by Gasteiger charge is -2.24. The smallest absolute Gasteiger partial charge is 0.264 e. The van der Waals surface area contributed by atoms with E-state index in [2.05, 4.69) is 10.0 Å². The molecule has 0 aliphatic rings. The minimum absolute atomic E-state index is 0.00312. The standard InChI is InChI=1S/C29H28ClN3O6S2/c1-20-9-15-27(21(2)17-20)32-40(35,36)24-13-10-22(11-14-24)31-29(34)19-33(23-12-16-28(39-3)26(30)18-23)41(37,38)25-7-5-4-6-8-25/h4-18,32H,19H2,1-3H3,(H,31,34). The van der Waals surface area contributed by atoms with E-state index in [1.54, 1.807) is 24.3 Å². The summed E-state index contributed by atoms with van der Waals surface area (Å²) in [6.07, 6.45) is 0. The Labute approximate surface area is 244 Å². The number of rotatable bonds is 10. The van der Waals surface area contributed by atoms with Crippen molar-refractivity contribution in [2.24, 2.45) is 0 Å². The van der Waals surface area contributed by atoms with Gasteiger partial charge < -0.3 is 10.1 Å². The van der Waals surface area contributed by atoms with E-state index < -0.39 is 32.5 Å². The first-order valence-electron chi connectivity index (χ1n) is 12.3. The number of hydrogen-bond acceptors (Lipinski definition) is 6. The molecule has 0 aliphatic carbocycles. The summed E-state index contributed by atoms with van der Waals surface area (Å²) in [4.78, 5) is 13.1. The van der Waals surface area contributed by atoms with Gasteiger partial charge in [-0.2, -0.15) is 0 Å². The summed E-state index contributed by atoms with van der Waals surface area (Å²) in [6, 6.07) is 23.0. The summed E-state index contributed by atoms with van der Waals surface area (Å²) in [7, 11) is -6.60. The summed E-state index contributed by atoms with van der Waals surface area (Å²) >= 11 is 6.25. The molecule has 12 heteroatoms. The Morgan fingerprint density at radius 2 is 1.54 bits per heavy atom. The molecule has 0 aliphatic heterocycles. The Morgan fingerprint density at radius 3 is 2.15 bits per heavy atom. The molecule has 4 aromatic rings. The van der Waals surface area contributed by atoms with Gasteiger partial charge in [-0.05, 0) is 80.1 Å². The van der Waals surface area contributed by atoms with Crippen LogP contribution in [0.4, 0.5) is 17.1 Å². The lowest BCUT2D eigenvalue weighted by Crippen LogP contribution is -2.38. The molecule has 0 heterocycles. The fourth-order valence-electron chi connectivity index (χ4n) is 4.03. The van der Waals surface area contributed by atoms with E-state index in [-0.39, 0.29) is 26.2 Å². The van der Waals surface area contributed by atoms with Crippen LogP contribution < -0.4 is 19.1 Å². The Hall–Kier alpha value is -4.06. The molecule has 0 fully saturated rings. The zero-order chi connectivity index (χ0) is 29.8. The SMILES string of the molecule is COc1ccc(N(CC(=O)Nc2ccc(S(=O)(=O)Nc3ccc(C)cc3C)cc2)S(=O)(=O)c2ccccc2)cc1Cl. The number of hydrogen-bond donors (Lipinski definition) is 2. The Morgan fingerprint density at radius 1 is 0.854 bits per heavy atom. The minimum atomic E-state index is -4.15. The van der Waals surface area contributed by atoms with Gasteiger partial charge in [-0.15, -0.1) is 0 Å². The number of carbonyl (C=O) groups excluding carboxylic acids is 1. The van der Waals surface area contributed by atoms with Gasteiger partial charge in [-0.3, -0.25) is 13.8 Å². The number of aryl methyl sites for hydroxylation is 2. The highest BCUT2D eigenvalue weighted by atomic mass is 35.5. The van der Waals surface area contributed by atoms with Crippen LogP contribution in [0.3, 0.4) is 0 Å². The number of sulfonamides is 2. The molecule has 1 amide bonds. The fourth-order valence-corrected chi connectivity index (χ4v) is 6.84. The van der Waals surface area contributed by atoms with Gasteiger partial charge in [-0.25, -0.2) is 16.8 Å². The molecule has 0 radical (unpaired) electrons. The molecule has 0 aromatic heterocycles. The molecule has 0 atom stereocenters. The Balaban J connectivity index is 1.55. The predicted octanol–water partition coefficient (Wildman–Crippen LogP) is 5.60. The molecule has 9 nitrogen and oxygen atoms in total. The molecule has 4 rings (SSSR count). The van der Waals surface area contributed by atoms with E-state index in [1.807, 2.05) is 26.0 Å². The van der Waals surface area contributed by atoms with E-state index in [0.29, 0.717) is 11.4 Å². The summed E-state index contributed by atoms with van der Waals surface area (Å²) in [5.41, 5.74) is 2.70. The molecule has 0 bridgehead atoms. The number of nitrogens with zero attached hydrogens (tertiary/aromatic N) is 1. The zero-order valence-corrected chi connectivity index (χ0v) is 24.8. The average Bonchev–Trinajstić information content (AvgIpc) is 2.94. The minimum Gasteiger partial charge on any atom is -0.495 e. The maximum Gasteiger partial charge on any atom is 0.264 e. The van der Waals surface area contributed by atoms with Crippen LogP contribution in [-0.4, -0.2) is 36.4 Å². The largest absolute Gasteiger partial charge is 0.495 e. The molecule has 0 saturated heterocycles. The molecule has 41 heavy (non-hydrogen) atoms. The number of halogens is 1. The molecule has 0 unspecified atom stereocenters. The van der Waals surface area contributed by atoms with Crippen molar-refractivity contribution in [3.8, 4) is 5.75 Å². The lowest BCUT2D eigenvalue weighted by atomic mass is 10.1. The van der Waals surface area contributed by atoms with Gasteiger partial charge in [-0.1, -0.05) is 47.5 Å². The van der Waals surface area contributed by atoms with E-state index in [4.69, 9.17) is 16.3 Å². The Bertz CT molecular complexity index is 1780. The van der Waals surface area contributed by atoms with E-state index >= 15 is 0 Å². The van der Waals surface area contributed by atoms with E-state index in [0.717, 1.165) is 15.4 Å². The van der Waals surface area contributed by atoms with Crippen LogP contribution in [-0.2, 0) is 24.8 Å². The third kappa shape index (κ3) is 6.99. The number of nitrogens with one attached hydrogen (secondary N) is 2. The van der Waals surface area contributed by atoms with Crippen LogP contribution in [0.25, 0.3) is 0 Å². The van der Waals surface area contributed by atoms with Crippen molar-refractivity contribution in [3.63, 3.8) is 0 Å². The van der Waals surface area contributed by atoms with Gasteiger partial charge >= 0.3 is 0 Å². The molecule has 0 spiro atoms. The van der Waals surface area contributed by atoms with Crippen molar-refractivity contribution in [2.45, 2.75) is 23.6 Å². The van der Waals surface area contributed by atoms with Crippen LogP contribution >= 0.6 is 11.6 Å². The van der Waals surface area contributed by atoms with E-state index in [1.165, 1.54) is 61.7 Å². The van der Waals surface area contributed by atoms with Crippen molar-refractivity contribution in [2.75, 3.05) is 28.0 Å². The van der Waals surface area contributed by atoms with Gasteiger partial charge in [0.05, 0.1) is 33.3 Å². The second kappa shape index (κ2) is 12.2. The maximum atomic E-state index is 13.5. The third-order valence-corrected chi connectivity index (χ3v) is 9.58. The number of carbonyl (C=O) groups is 1. The van der Waals surface area contributed by atoms with Crippen LogP contribution in [0, 0.1) is 13.8 Å². The highest BCUT2D eigenvalue weighted by Gasteiger charge is 2.28. The summed E-state index contributed by atoms with van der Waals surface area (Å²) < 4.78 is 61.5. The van der Waals surface area contributed by atoms with Crippen molar-refractivity contribution >= 4 is 54.6 Å². The molecular weight excluding hydrogens is 586 g/mol. The van der Waals surface area contributed by atoms with Crippen molar-refractivity contribution in [1.29, 1.82) is 0 Å². The van der Waals surface area contributed by atoms with Gasteiger partial charge in [0.2, 0.25) is 5.91 Å². The predicted molar refractivity (Wildman–Crippen MR) is 161 cm³/mol. The summed E-state index contributed by atoms with van der Waals surface area (Å²) in [5.74, 6) is -0.306. The van der Waals surface area contributed by atoms with Crippen molar-refractivity contribution in [1.82, 2.24) is 0 Å². The van der Waals surface area contributed by atoms with Crippen LogP contribution in [0.15, 0.2) is 101 Å². The van der Waals surface area contributed by atoms with Gasteiger partial charge in [0.25, 0.3) is 20.0 Å². The molecular formula is C29H28ClN3O6S2.